The summed E-state index contributed by atoms with van der Waals surface area (Å²) < 4.78 is 10.5. The van der Waals surface area contributed by atoms with Gasteiger partial charge in [0.2, 0.25) is 29.7 Å². The van der Waals surface area contributed by atoms with Crippen molar-refractivity contribution in [2.24, 2.45) is 29.6 Å². The van der Waals surface area contributed by atoms with Crippen molar-refractivity contribution in [3.8, 4) is 0 Å². The van der Waals surface area contributed by atoms with Crippen molar-refractivity contribution in [2.75, 3.05) is 59.7 Å². The van der Waals surface area contributed by atoms with E-state index in [9.17, 15) is 24.0 Å². The van der Waals surface area contributed by atoms with Gasteiger partial charge in [0.05, 0.1) is 61.2 Å². The van der Waals surface area contributed by atoms with Crippen LogP contribution in [0.15, 0.2) is 92.3 Å². The molecule has 10 aliphatic rings. The molecule has 35 nitrogen and oxygen atoms in total. The van der Waals surface area contributed by atoms with Crippen molar-refractivity contribution in [1.82, 2.24) is 125 Å². The Morgan fingerprint density at radius 2 is 0.448 bits per heavy atom. The average molecular weight is 1710 g/mol. The molecule has 5 aliphatic heterocycles. The molecule has 10 aromatic rings. The average Bonchev–Trinajstić information content (AvgIpc) is 1.65. The lowest BCUT2D eigenvalue weighted by molar-refractivity contribution is 0.0950. The van der Waals surface area contributed by atoms with Crippen molar-refractivity contribution < 1.29 is 24.0 Å². The Morgan fingerprint density at radius 1 is 0.264 bits per heavy atom. The molecule has 0 saturated heterocycles. The molecule has 0 bridgehead atoms. The Bertz CT molecular complexity index is 5120. The maximum absolute atomic E-state index is 11.8. The van der Waals surface area contributed by atoms with Gasteiger partial charge in [-0.05, 0) is 124 Å². The molecular formula is C90H130N30O5. The van der Waals surface area contributed by atoms with Crippen molar-refractivity contribution in [2.45, 2.75) is 264 Å². The molecule has 10 aromatic heterocycles. The zero-order chi connectivity index (χ0) is 82.6. The van der Waals surface area contributed by atoms with Gasteiger partial charge in [-0.3, -0.25) is 47.4 Å². The highest BCUT2D eigenvalue weighted by atomic mass is 16.2. The number of amides is 5. The molecule has 15 heterocycles. The fourth-order valence-electron chi connectivity index (χ4n) is 17.4. The molecule has 5 N–H and O–H groups in total. The number of rotatable bonds is 20. The summed E-state index contributed by atoms with van der Waals surface area (Å²) in [5, 5.41) is 36.6. The van der Waals surface area contributed by atoms with Gasteiger partial charge in [0.15, 0.2) is 0 Å². The van der Waals surface area contributed by atoms with Crippen LogP contribution < -0.4 is 51.1 Å². The van der Waals surface area contributed by atoms with E-state index in [0.29, 0.717) is 90.9 Å². The van der Waals surface area contributed by atoms with Crippen LogP contribution in [0.3, 0.4) is 0 Å². The molecule has 5 saturated carbocycles. The molecule has 0 spiro atoms. The van der Waals surface area contributed by atoms with Gasteiger partial charge >= 0.3 is 0 Å². The van der Waals surface area contributed by atoms with Crippen molar-refractivity contribution in [1.29, 1.82) is 0 Å². The van der Waals surface area contributed by atoms with Crippen LogP contribution in [0.1, 0.15) is 274 Å². The maximum Gasteiger partial charge on any atom is 0.269 e. The topological polar surface area (TPSA) is 380 Å². The Hall–Kier alpha value is -12.2. The number of carbonyl (C=O) groups excluding carboxylic acids is 5. The van der Waals surface area contributed by atoms with Crippen molar-refractivity contribution >= 4 is 59.3 Å². The molecule has 670 valence electrons. The predicted molar refractivity (Wildman–Crippen MR) is 481 cm³/mol. The summed E-state index contributed by atoms with van der Waals surface area (Å²) in [6, 6.07) is 8.12. The van der Waals surface area contributed by atoms with E-state index in [-0.39, 0.29) is 66.7 Å². The monoisotopic (exact) mass is 1710 g/mol. The van der Waals surface area contributed by atoms with Crippen molar-refractivity contribution in [3.05, 3.63) is 177 Å². The third-order valence-electron chi connectivity index (χ3n) is 24.4. The third-order valence-corrected chi connectivity index (χ3v) is 24.4. The van der Waals surface area contributed by atoms with Gasteiger partial charge in [0, 0.05) is 190 Å². The third kappa shape index (κ3) is 23.2. The largest absolute Gasteiger partial charge is 0.354 e. The Labute approximate surface area is 735 Å². The summed E-state index contributed by atoms with van der Waals surface area (Å²) in [5.41, 5.74) is 13.6. The highest BCUT2D eigenvalue weighted by Gasteiger charge is 2.34. The van der Waals surface area contributed by atoms with E-state index < -0.39 is 0 Å². The number of hydrogen-bond acceptors (Lipinski definition) is 25. The van der Waals surface area contributed by atoms with Crippen LogP contribution in [0.2, 0.25) is 0 Å². The summed E-state index contributed by atoms with van der Waals surface area (Å²) in [7, 11) is 8.00. The Kier molecular flexibility index (Phi) is 32.5. The Morgan fingerprint density at radius 3 is 0.624 bits per heavy atom. The lowest BCUT2D eigenvalue weighted by atomic mass is 9.85. The van der Waals surface area contributed by atoms with Gasteiger partial charge in [-0.15, -0.1) is 0 Å². The van der Waals surface area contributed by atoms with Crippen molar-refractivity contribution in [3.63, 3.8) is 0 Å². The summed E-state index contributed by atoms with van der Waals surface area (Å²) >= 11 is 0. The first-order valence-corrected chi connectivity index (χ1v) is 42.9. The number of nitrogens with one attached hydrogen (secondary N) is 5. The number of aromatic nitrogens is 20. The first kappa shape index (κ1) is 93.5. The smallest absolute Gasteiger partial charge is 0.269 e. The first-order valence-electron chi connectivity index (χ1n) is 42.9. The lowest BCUT2D eigenvalue weighted by Crippen LogP contribution is -2.23. The summed E-state index contributed by atoms with van der Waals surface area (Å²) in [5.74, 6) is 5.87. The number of anilines is 5. The van der Waals surface area contributed by atoms with Crippen LogP contribution in [-0.2, 0) is 98.2 Å². The van der Waals surface area contributed by atoms with Crippen LogP contribution in [0.4, 0.5) is 29.7 Å². The normalized spacial score (nSPS) is 16.6. The standard InChI is InChI=1S/C19H26N6O.C18H24N6O.C17H22N6O.C16H20N6O.C15H18N6O.5CH4/c1-20-18(26)16-8-9-21-19(22-16)24-11-15-12-25(23-17(15)13-24)10-14-6-4-2-3-5-7-14;1-19-17(25)15-7-8-20-18(21-15)23-10-14-11-24(22-16(14)12-23)9-13-5-3-2-4-6-13;1-18-16(24)14-6-7-19-17(20-14)22-9-13-10-23(21-15(13)11-22)8-12-4-2-3-5-12;1-17-15(23)13-5-6-18-16(19-13)21-8-12-9-22(20-14(12)10-21)7-11-3-2-4-11;1-16-14(22)12-4-5-17-15(18-12)20-7-11-8-21(6-10-2-3-10)19-13(11)9-20;;;;;/h8-9,12,14H,2-7,10-11,13H2,1H3,(H,20,26);7-8,11,13H,2-6,9-10,12H2,1H3,(H,19,25);6-7,10,12H,2-5,8-9,11H2,1H3,(H,18,24);5-6,9,11H,2-4,7-8,10H2,1H3,(H,17,23);4-5,8,10H,2-3,6-7,9H2,1H3,(H,16,22);5*1H4. The minimum atomic E-state index is -0.199. The molecule has 0 aromatic carbocycles. The second-order valence-electron chi connectivity index (χ2n) is 33.3. The fourth-order valence-corrected chi connectivity index (χ4v) is 17.4. The van der Waals surface area contributed by atoms with E-state index in [2.05, 4.69) is 156 Å². The van der Waals surface area contributed by atoms with E-state index in [4.69, 9.17) is 20.4 Å². The summed E-state index contributed by atoms with van der Waals surface area (Å²) in [6.45, 7) is 12.4. The zero-order valence-corrected chi connectivity index (χ0v) is 69.5. The van der Waals surface area contributed by atoms with Crippen LogP contribution in [0.25, 0.3) is 0 Å². The summed E-state index contributed by atoms with van der Waals surface area (Å²) in [6.07, 6.45) is 45.9. The highest BCUT2D eigenvalue weighted by Crippen LogP contribution is 2.36. The first-order chi connectivity index (χ1) is 58.6. The Balaban J connectivity index is 0.000000151. The van der Waals surface area contributed by atoms with E-state index >= 15 is 0 Å². The van der Waals surface area contributed by atoms with Gasteiger partial charge in [-0.1, -0.05) is 101 Å². The second kappa shape index (κ2) is 43.4. The van der Waals surface area contributed by atoms with Crippen LogP contribution in [0, 0.1) is 29.6 Å². The van der Waals surface area contributed by atoms with Gasteiger partial charge in [0.25, 0.3) is 29.5 Å². The lowest BCUT2D eigenvalue weighted by Gasteiger charge is -2.25. The molecule has 125 heavy (non-hydrogen) atoms. The number of hydrogen-bond donors (Lipinski definition) is 5. The summed E-state index contributed by atoms with van der Waals surface area (Å²) in [4.78, 5) is 112. The molecule has 5 amide bonds. The highest BCUT2D eigenvalue weighted by molar-refractivity contribution is 5.94. The molecule has 5 aliphatic carbocycles. The van der Waals surface area contributed by atoms with E-state index in [1.165, 1.54) is 156 Å². The van der Waals surface area contributed by atoms with Crippen LogP contribution in [-0.4, -0.2) is 164 Å². The van der Waals surface area contributed by atoms with Gasteiger partial charge in [-0.25, -0.2) is 49.8 Å². The van der Waals surface area contributed by atoms with Gasteiger partial charge in [-0.2, -0.15) is 25.5 Å². The molecular weight excluding hydrogens is 1580 g/mol. The second-order valence-corrected chi connectivity index (χ2v) is 33.3. The minimum absolute atomic E-state index is 0. The SMILES string of the molecule is C.C.C.C.C.CNC(=O)c1ccnc(N2Cc3cn(CC4CC4)nc3C2)n1.CNC(=O)c1ccnc(N2Cc3cn(CC4CCC4)nc3C2)n1.CNC(=O)c1ccnc(N2Cc3cn(CC4CCCC4)nc3C2)n1.CNC(=O)c1ccnc(N2Cc3cn(CC4CCCCC4)nc3C2)n1.CNC(=O)c1ccnc(N2Cc3cn(CC4CCCCCC4)nc3C2)n1. The molecule has 0 unspecified atom stereocenters. The van der Waals surface area contributed by atoms with E-state index in [1.807, 2.05) is 4.90 Å². The molecule has 20 rings (SSSR count). The minimum Gasteiger partial charge on any atom is -0.354 e. The molecule has 5 fully saturated rings. The zero-order valence-electron chi connectivity index (χ0n) is 69.5. The number of carbonyl (C=O) groups is 5. The number of fused-ring (bicyclic) bond motifs is 5. The predicted octanol–water partition coefficient (Wildman–Crippen LogP) is 11.9. The fraction of sp³-hybridized carbons (Fsp3) is 0.556. The van der Waals surface area contributed by atoms with E-state index in [1.54, 1.807) is 96.6 Å². The van der Waals surface area contributed by atoms with Gasteiger partial charge < -0.3 is 51.1 Å². The molecule has 0 atom stereocenters. The van der Waals surface area contributed by atoms with Gasteiger partial charge in [0.1, 0.15) is 28.5 Å². The van der Waals surface area contributed by atoms with Crippen LogP contribution in [0.5, 0.6) is 0 Å². The maximum atomic E-state index is 11.8. The van der Waals surface area contributed by atoms with E-state index in [0.717, 1.165) is 124 Å². The molecule has 0 radical (unpaired) electrons. The van der Waals surface area contributed by atoms with Crippen LogP contribution >= 0.6 is 0 Å². The number of nitrogens with zero attached hydrogens (tertiary/aromatic N) is 25. The molecule has 35 heteroatoms. The quantitative estimate of drug-likeness (QED) is 0.0442.